The van der Waals surface area contributed by atoms with Gasteiger partial charge in [-0.25, -0.2) is 8.42 Å². The van der Waals surface area contributed by atoms with Gasteiger partial charge in [0.15, 0.2) is 0 Å². The molecule has 0 amide bonds. The largest absolute Gasteiger partial charge is 0.485 e. The van der Waals surface area contributed by atoms with E-state index in [1.165, 1.54) is 17.7 Å². The molecule has 1 fully saturated rings. The molecule has 2 aliphatic heterocycles. The molecule has 144 valence electrons. The van der Waals surface area contributed by atoms with Gasteiger partial charge >= 0.3 is 5.97 Å². The van der Waals surface area contributed by atoms with Crippen LogP contribution in [-0.2, 0) is 26.1 Å². The molecule has 0 bridgehead atoms. The minimum atomic E-state index is -3.35. The lowest BCUT2D eigenvalue weighted by Gasteiger charge is -2.42. The molecule has 0 aliphatic carbocycles. The molecule has 8 heteroatoms. The summed E-state index contributed by atoms with van der Waals surface area (Å²) in [5.41, 5.74) is 1.39. The van der Waals surface area contributed by atoms with Gasteiger partial charge in [0.25, 0.3) is 0 Å². The van der Waals surface area contributed by atoms with Gasteiger partial charge in [0, 0.05) is 38.0 Å². The first-order valence-corrected chi connectivity index (χ1v) is 10.6. The van der Waals surface area contributed by atoms with Gasteiger partial charge in [-0.15, -0.1) is 0 Å². The Bertz CT molecular complexity index is 785. The van der Waals surface area contributed by atoms with Crippen LogP contribution in [0, 0.1) is 6.92 Å². The normalized spacial score (nSPS) is 20.9. The minimum Gasteiger partial charge on any atom is -0.485 e. The summed E-state index contributed by atoms with van der Waals surface area (Å²) < 4.78 is 37.2. The van der Waals surface area contributed by atoms with E-state index in [0.29, 0.717) is 39.0 Å². The van der Waals surface area contributed by atoms with Crippen molar-refractivity contribution in [3.63, 3.8) is 0 Å². The van der Waals surface area contributed by atoms with E-state index in [9.17, 15) is 13.2 Å². The summed E-state index contributed by atoms with van der Waals surface area (Å²) in [4.78, 5) is 13.5. The zero-order chi connectivity index (χ0) is 18.9. The molecule has 1 saturated heterocycles. The summed E-state index contributed by atoms with van der Waals surface area (Å²) in [6.07, 6.45) is 2.56. The molecule has 0 unspecified atom stereocenters. The molecule has 26 heavy (non-hydrogen) atoms. The second-order valence-electron chi connectivity index (χ2n) is 7.28. The Morgan fingerprint density at radius 1 is 1.31 bits per heavy atom. The number of esters is 1. The zero-order valence-electron chi connectivity index (χ0n) is 15.5. The highest BCUT2D eigenvalue weighted by atomic mass is 32.2. The van der Waals surface area contributed by atoms with Crippen molar-refractivity contribution in [1.82, 2.24) is 9.21 Å². The van der Waals surface area contributed by atoms with Crippen LogP contribution in [0.15, 0.2) is 18.2 Å². The number of hydrogen-bond donors (Lipinski definition) is 0. The van der Waals surface area contributed by atoms with Crippen molar-refractivity contribution in [1.29, 1.82) is 0 Å². The standard InChI is InChI=1S/C18H26N2O5S/c1-14-4-5-16-15(10-14)11-20(26(3,22)23)13-18(25-16)6-8-19(9-7-18)12-17(21)24-2/h4-5,10H,6-9,11-13H2,1-3H3. The quantitative estimate of drug-likeness (QED) is 0.730. The predicted molar refractivity (Wildman–Crippen MR) is 97.5 cm³/mol. The molecule has 2 aliphatic rings. The first-order chi connectivity index (χ1) is 12.2. The van der Waals surface area contributed by atoms with Crippen LogP contribution in [0.25, 0.3) is 0 Å². The summed E-state index contributed by atoms with van der Waals surface area (Å²) in [5.74, 6) is 0.490. The van der Waals surface area contributed by atoms with Crippen molar-refractivity contribution >= 4 is 16.0 Å². The molecule has 0 radical (unpaired) electrons. The SMILES string of the molecule is COC(=O)CN1CCC2(CC1)CN(S(C)(=O)=O)Cc1cc(C)ccc1O2. The highest BCUT2D eigenvalue weighted by molar-refractivity contribution is 7.88. The van der Waals surface area contributed by atoms with E-state index in [1.54, 1.807) is 0 Å². The van der Waals surface area contributed by atoms with E-state index in [4.69, 9.17) is 9.47 Å². The van der Waals surface area contributed by atoms with Crippen molar-refractivity contribution in [2.75, 3.05) is 39.5 Å². The van der Waals surface area contributed by atoms with Gasteiger partial charge in [-0.3, -0.25) is 9.69 Å². The summed E-state index contributed by atoms with van der Waals surface area (Å²) in [6.45, 7) is 4.20. The first-order valence-electron chi connectivity index (χ1n) is 8.74. The lowest BCUT2D eigenvalue weighted by atomic mass is 9.91. The van der Waals surface area contributed by atoms with Gasteiger partial charge in [0.05, 0.1) is 26.5 Å². The number of sulfonamides is 1. The van der Waals surface area contributed by atoms with Gasteiger partial charge in [-0.1, -0.05) is 17.7 Å². The molecule has 3 rings (SSSR count). The van der Waals surface area contributed by atoms with Crippen LogP contribution in [0.3, 0.4) is 0 Å². The number of rotatable bonds is 3. The highest BCUT2D eigenvalue weighted by Crippen LogP contribution is 2.36. The number of fused-ring (bicyclic) bond motifs is 1. The summed E-state index contributed by atoms with van der Waals surface area (Å²) in [6, 6.07) is 5.90. The van der Waals surface area contributed by atoms with Gasteiger partial charge < -0.3 is 9.47 Å². The van der Waals surface area contributed by atoms with Crippen LogP contribution in [0.1, 0.15) is 24.0 Å². The second kappa shape index (κ2) is 7.17. The van der Waals surface area contributed by atoms with E-state index in [-0.39, 0.29) is 12.5 Å². The average Bonchev–Trinajstić information content (AvgIpc) is 2.73. The predicted octanol–water partition coefficient (Wildman–Crippen LogP) is 1.16. The van der Waals surface area contributed by atoms with Crippen LogP contribution < -0.4 is 4.74 Å². The Hall–Kier alpha value is -1.64. The third-order valence-corrected chi connectivity index (χ3v) is 6.37. The van der Waals surface area contributed by atoms with E-state index in [0.717, 1.165) is 16.9 Å². The number of benzene rings is 1. The highest BCUT2D eigenvalue weighted by Gasteiger charge is 2.43. The number of nitrogens with zero attached hydrogens (tertiary/aromatic N) is 2. The number of ether oxygens (including phenoxy) is 2. The van der Waals surface area contributed by atoms with E-state index in [1.807, 2.05) is 30.0 Å². The van der Waals surface area contributed by atoms with Crippen LogP contribution in [0.4, 0.5) is 0 Å². The van der Waals surface area contributed by atoms with Gasteiger partial charge in [0.1, 0.15) is 11.4 Å². The minimum absolute atomic E-state index is 0.248. The Morgan fingerprint density at radius 3 is 2.62 bits per heavy atom. The van der Waals surface area contributed by atoms with Gasteiger partial charge in [-0.05, 0) is 13.0 Å². The van der Waals surface area contributed by atoms with E-state index < -0.39 is 15.6 Å². The van der Waals surface area contributed by atoms with Crippen LogP contribution in [0.5, 0.6) is 5.75 Å². The maximum absolute atomic E-state index is 12.3. The second-order valence-corrected chi connectivity index (χ2v) is 9.26. The molecular formula is C18H26N2O5S. The van der Waals surface area contributed by atoms with Crippen molar-refractivity contribution in [2.24, 2.45) is 0 Å². The van der Waals surface area contributed by atoms with Crippen molar-refractivity contribution in [2.45, 2.75) is 31.9 Å². The monoisotopic (exact) mass is 382 g/mol. The smallest absolute Gasteiger partial charge is 0.319 e. The summed E-state index contributed by atoms with van der Waals surface area (Å²) in [5, 5.41) is 0. The number of hydrogen-bond acceptors (Lipinski definition) is 6. The lowest BCUT2D eigenvalue weighted by molar-refractivity contribution is -0.142. The van der Waals surface area contributed by atoms with Crippen molar-refractivity contribution in [3.8, 4) is 5.75 Å². The van der Waals surface area contributed by atoms with Gasteiger partial charge in [-0.2, -0.15) is 4.31 Å². The number of carbonyl (C=O) groups is 1. The average molecular weight is 382 g/mol. The molecule has 0 N–H and O–H groups in total. The first kappa shape index (κ1) is 19.1. The third-order valence-electron chi connectivity index (χ3n) is 5.17. The number of carbonyl (C=O) groups excluding carboxylic acids is 1. The lowest BCUT2D eigenvalue weighted by Crippen LogP contribution is -2.54. The number of likely N-dealkylation sites (tertiary alicyclic amines) is 1. The molecule has 0 saturated carbocycles. The molecule has 0 atom stereocenters. The summed E-state index contributed by atoms with van der Waals surface area (Å²) in [7, 11) is -1.97. The van der Waals surface area contributed by atoms with E-state index in [2.05, 4.69) is 0 Å². The molecule has 2 heterocycles. The van der Waals surface area contributed by atoms with Crippen LogP contribution >= 0.6 is 0 Å². The molecule has 7 nitrogen and oxygen atoms in total. The fraction of sp³-hybridized carbons (Fsp3) is 0.611. The molecule has 1 aromatic rings. The Morgan fingerprint density at radius 2 is 2.00 bits per heavy atom. The van der Waals surface area contributed by atoms with Crippen LogP contribution in [0.2, 0.25) is 0 Å². The summed E-state index contributed by atoms with van der Waals surface area (Å²) >= 11 is 0. The topological polar surface area (TPSA) is 76.2 Å². The number of methoxy groups -OCH3 is 1. The maximum atomic E-state index is 12.3. The Labute approximate surface area is 154 Å². The number of aryl methyl sites for hydroxylation is 1. The molecule has 0 aromatic heterocycles. The molecular weight excluding hydrogens is 356 g/mol. The maximum Gasteiger partial charge on any atom is 0.319 e. The van der Waals surface area contributed by atoms with Crippen molar-refractivity contribution in [3.05, 3.63) is 29.3 Å². The Kier molecular flexibility index (Phi) is 5.28. The third kappa shape index (κ3) is 4.19. The zero-order valence-corrected chi connectivity index (χ0v) is 16.3. The molecule has 1 aromatic carbocycles. The fourth-order valence-corrected chi connectivity index (χ4v) is 4.47. The van der Waals surface area contributed by atoms with Crippen molar-refractivity contribution < 1.29 is 22.7 Å². The number of piperidine rings is 1. The van der Waals surface area contributed by atoms with E-state index >= 15 is 0 Å². The van der Waals surface area contributed by atoms with Crippen LogP contribution in [-0.4, -0.2) is 68.7 Å². The fourth-order valence-electron chi connectivity index (χ4n) is 3.62. The molecule has 1 spiro atoms. The van der Waals surface area contributed by atoms with Gasteiger partial charge in [0.2, 0.25) is 10.0 Å². The Balaban J connectivity index is 1.85.